The van der Waals surface area contributed by atoms with Gasteiger partial charge in [0.2, 0.25) is 5.91 Å². The first-order valence-electron chi connectivity index (χ1n) is 9.20. The van der Waals surface area contributed by atoms with Crippen LogP contribution in [0.4, 0.5) is 5.69 Å². The molecule has 28 heavy (non-hydrogen) atoms. The third-order valence-electron chi connectivity index (χ3n) is 4.96. The van der Waals surface area contributed by atoms with Crippen molar-refractivity contribution >= 4 is 27.5 Å². The quantitative estimate of drug-likeness (QED) is 0.797. The fraction of sp³-hybridized carbons (Fsp3) is 0.316. The van der Waals surface area contributed by atoms with E-state index < -0.39 is 10.0 Å². The predicted molar refractivity (Wildman–Crippen MR) is 105 cm³/mol. The van der Waals surface area contributed by atoms with Gasteiger partial charge in [0.1, 0.15) is 5.84 Å². The molecule has 1 saturated heterocycles. The van der Waals surface area contributed by atoms with Crippen molar-refractivity contribution in [3.05, 3.63) is 54.4 Å². The highest BCUT2D eigenvalue weighted by molar-refractivity contribution is 7.90. The highest BCUT2D eigenvalue weighted by Crippen LogP contribution is 2.22. The number of benzene rings is 1. The smallest absolute Gasteiger partial charge is 0.263 e. The maximum Gasteiger partial charge on any atom is 0.263 e. The Balaban J connectivity index is 1.32. The number of nitrogens with zero attached hydrogens (tertiary/aromatic N) is 3. The molecule has 2 aromatic rings. The molecule has 0 unspecified atom stereocenters. The van der Waals surface area contributed by atoms with E-state index in [2.05, 4.69) is 19.6 Å². The monoisotopic (exact) mass is 400 g/mol. The van der Waals surface area contributed by atoms with E-state index in [1.165, 1.54) is 0 Å². The minimum Gasteiger partial charge on any atom is -0.368 e. The second-order valence-corrected chi connectivity index (χ2v) is 8.36. The van der Waals surface area contributed by atoms with E-state index in [0.29, 0.717) is 24.5 Å². The summed E-state index contributed by atoms with van der Waals surface area (Å²) in [5.41, 5.74) is 1.70. The molecule has 1 fully saturated rings. The Morgan fingerprint density at radius 2 is 1.79 bits per heavy atom. The van der Waals surface area contributed by atoms with Crippen LogP contribution in [0.15, 0.2) is 58.7 Å². The van der Waals surface area contributed by atoms with Gasteiger partial charge in [0.25, 0.3) is 10.0 Å². The number of H-pyrrole nitrogens is 1. The molecular weight excluding hydrogens is 378 g/mol. The predicted octanol–water partition coefficient (Wildman–Crippen LogP) is 0.278. The molecule has 1 aromatic carbocycles. The van der Waals surface area contributed by atoms with Crippen molar-refractivity contribution in [3.63, 3.8) is 0 Å². The molecule has 3 heterocycles. The number of rotatable bonds is 4. The number of hydrogen-bond acceptors (Lipinski definition) is 5. The number of piperazine rings is 1. The molecule has 2 aliphatic rings. The van der Waals surface area contributed by atoms with Crippen LogP contribution < -0.4 is 14.6 Å². The number of carbonyl (C=O) groups excluding carboxylic acids is 1. The number of amidine groups is 1. The molecular formula is C19H22N5O3S+. The van der Waals surface area contributed by atoms with E-state index >= 15 is 0 Å². The minimum atomic E-state index is -3.54. The normalized spacial score (nSPS) is 19.4. The molecule has 8 nitrogen and oxygen atoms in total. The van der Waals surface area contributed by atoms with Crippen LogP contribution >= 0.6 is 0 Å². The standard InChI is InChI=1S/C19H21N5O3S/c25-18(24-13-11-23(12-14-24)15-5-8-20-9-6-15)7-10-21-19-16-3-1-2-4-17(16)28(26,27)22-19/h1-6,8-9H,7,10-14H2,(H,21,22)/p+1. The number of pyridine rings is 1. The van der Waals surface area contributed by atoms with Crippen molar-refractivity contribution in [2.45, 2.75) is 11.3 Å². The van der Waals surface area contributed by atoms with Crippen LogP contribution in [0.25, 0.3) is 0 Å². The van der Waals surface area contributed by atoms with Gasteiger partial charge in [0.05, 0.1) is 11.4 Å². The lowest BCUT2D eigenvalue weighted by molar-refractivity contribution is -0.377. The zero-order valence-electron chi connectivity index (χ0n) is 15.3. The fourth-order valence-electron chi connectivity index (χ4n) is 3.48. The second-order valence-electron chi connectivity index (χ2n) is 6.71. The number of anilines is 1. The number of aliphatic imine (C=N–C) groups is 1. The van der Waals surface area contributed by atoms with Gasteiger partial charge >= 0.3 is 0 Å². The maximum absolute atomic E-state index is 12.5. The van der Waals surface area contributed by atoms with Crippen LogP contribution in [0.5, 0.6) is 0 Å². The Hall–Kier alpha value is -2.94. The number of carbonyl (C=O) groups is 1. The number of aromatic nitrogens is 1. The molecule has 146 valence electrons. The molecule has 1 aromatic heterocycles. The lowest BCUT2D eigenvalue weighted by atomic mass is 10.2. The van der Waals surface area contributed by atoms with E-state index in [4.69, 9.17) is 0 Å². The van der Waals surface area contributed by atoms with Gasteiger partial charge in [-0.3, -0.25) is 14.5 Å². The number of hydrogen-bond donors (Lipinski definition) is 1. The first-order chi connectivity index (χ1) is 13.5. The van der Waals surface area contributed by atoms with Gasteiger partial charge in [0.15, 0.2) is 12.4 Å². The molecule has 0 atom stereocenters. The fourth-order valence-corrected chi connectivity index (χ4v) is 4.73. The lowest BCUT2D eigenvalue weighted by Crippen LogP contribution is -2.49. The molecule has 9 heteroatoms. The SMILES string of the molecule is O=C(CCN=C1NS(=O)(=O)c2ccccc21)N1CCN(c2cc[nH+]cc2)CC1. The van der Waals surface area contributed by atoms with E-state index in [1.54, 1.807) is 24.3 Å². The summed E-state index contributed by atoms with van der Waals surface area (Å²) in [6.45, 7) is 3.17. The molecule has 2 N–H and O–H groups in total. The Morgan fingerprint density at radius 1 is 1.07 bits per heavy atom. The van der Waals surface area contributed by atoms with E-state index in [0.717, 1.165) is 18.8 Å². The largest absolute Gasteiger partial charge is 0.368 e. The second kappa shape index (κ2) is 7.59. The van der Waals surface area contributed by atoms with Crippen LogP contribution in [0.2, 0.25) is 0 Å². The van der Waals surface area contributed by atoms with Crippen molar-refractivity contribution in [1.82, 2.24) is 9.62 Å². The average molecular weight is 400 g/mol. The van der Waals surface area contributed by atoms with Crippen molar-refractivity contribution in [2.75, 3.05) is 37.6 Å². The van der Waals surface area contributed by atoms with Gasteiger partial charge in [-0.2, -0.15) is 0 Å². The third-order valence-corrected chi connectivity index (χ3v) is 6.35. The summed E-state index contributed by atoms with van der Waals surface area (Å²) in [4.78, 5) is 24.1. The first kappa shape index (κ1) is 18.4. The van der Waals surface area contributed by atoms with Crippen LogP contribution in [0.3, 0.4) is 0 Å². The zero-order chi connectivity index (χ0) is 19.6. The van der Waals surface area contributed by atoms with Crippen molar-refractivity contribution in [3.8, 4) is 0 Å². The van der Waals surface area contributed by atoms with Gasteiger partial charge in [-0.1, -0.05) is 12.1 Å². The number of amides is 1. The molecule has 0 spiro atoms. The van der Waals surface area contributed by atoms with Crippen LogP contribution in [0, 0.1) is 0 Å². The Bertz CT molecular complexity index is 999. The number of fused-ring (bicyclic) bond motifs is 1. The summed E-state index contributed by atoms with van der Waals surface area (Å²) in [7, 11) is -3.54. The number of aromatic amines is 1. The Morgan fingerprint density at radius 3 is 2.54 bits per heavy atom. The minimum absolute atomic E-state index is 0.0412. The lowest BCUT2D eigenvalue weighted by Gasteiger charge is -2.35. The molecule has 4 rings (SSSR count). The summed E-state index contributed by atoms with van der Waals surface area (Å²) in [5.74, 6) is 0.355. The van der Waals surface area contributed by atoms with Crippen LogP contribution in [-0.4, -0.2) is 57.8 Å². The molecule has 1 amide bonds. The molecule has 2 aliphatic heterocycles. The third kappa shape index (κ3) is 3.70. The number of sulfonamides is 1. The maximum atomic E-state index is 12.5. The average Bonchev–Trinajstić information content (AvgIpc) is 2.99. The first-order valence-corrected chi connectivity index (χ1v) is 10.7. The van der Waals surface area contributed by atoms with E-state index in [9.17, 15) is 13.2 Å². The summed E-state index contributed by atoms with van der Waals surface area (Å²) in [6.07, 6.45) is 4.04. The highest BCUT2D eigenvalue weighted by Gasteiger charge is 2.30. The van der Waals surface area contributed by atoms with Crippen molar-refractivity contribution in [1.29, 1.82) is 0 Å². The van der Waals surface area contributed by atoms with E-state index in [-0.39, 0.29) is 23.8 Å². The van der Waals surface area contributed by atoms with Gasteiger partial charge in [-0.05, 0) is 12.1 Å². The Labute approximate surface area is 164 Å². The molecule has 0 aliphatic carbocycles. The highest BCUT2D eigenvalue weighted by atomic mass is 32.2. The molecule has 0 saturated carbocycles. The summed E-state index contributed by atoms with van der Waals surface area (Å²) < 4.78 is 26.6. The van der Waals surface area contributed by atoms with Gasteiger partial charge in [0, 0.05) is 56.0 Å². The molecule has 0 radical (unpaired) electrons. The number of nitrogens with one attached hydrogen (secondary N) is 2. The van der Waals surface area contributed by atoms with Gasteiger partial charge < -0.3 is 9.80 Å². The van der Waals surface area contributed by atoms with Crippen LogP contribution in [0.1, 0.15) is 12.0 Å². The summed E-state index contributed by atoms with van der Waals surface area (Å²) in [6, 6.07) is 10.8. The van der Waals surface area contributed by atoms with Gasteiger partial charge in [-0.25, -0.2) is 13.4 Å². The topological polar surface area (TPSA) is 96.2 Å². The van der Waals surface area contributed by atoms with Crippen molar-refractivity contribution in [2.24, 2.45) is 4.99 Å². The Kier molecular flexibility index (Phi) is 4.99. The summed E-state index contributed by atoms with van der Waals surface area (Å²) in [5, 5.41) is 0. The van der Waals surface area contributed by atoms with Gasteiger partial charge in [-0.15, -0.1) is 0 Å². The zero-order valence-corrected chi connectivity index (χ0v) is 16.2. The van der Waals surface area contributed by atoms with Crippen LogP contribution in [-0.2, 0) is 14.8 Å². The van der Waals surface area contributed by atoms with E-state index in [1.807, 2.05) is 29.4 Å². The summed E-state index contributed by atoms with van der Waals surface area (Å²) >= 11 is 0. The molecule has 0 bridgehead atoms. The van der Waals surface area contributed by atoms with Crippen molar-refractivity contribution < 1.29 is 18.2 Å².